The van der Waals surface area contributed by atoms with Gasteiger partial charge in [0, 0.05) is 36.8 Å². The van der Waals surface area contributed by atoms with E-state index in [1.165, 1.54) is 18.4 Å². The Morgan fingerprint density at radius 1 is 1.28 bits per heavy atom. The normalized spacial score (nSPS) is 34.1. The average Bonchev–Trinajstić information content (AvgIpc) is 3.36. The standard InChI is InChI=1S/C28H32N2O5.ClH/c1-29(23(32)7-4-18-9-13-34-16-18)20-8-10-28(33)22-14-19-5-6-21(31)25-24(19)27(28,26(20)35-25)11-12-30(22)15-17-2-3-17;/h4-7,9,13,16-17,20,22,26,31,33H,2-3,8,10-12,14-15H2,1H3;1H/b7-4+;/t20-,22-,26+,27+,28-;/m1./s1. The van der Waals surface area contributed by atoms with Gasteiger partial charge in [-0.1, -0.05) is 6.07 Å². The maximum atomic E-state index is 13.2. The molecule has 36 heavy (non-hydrogen) atoms. The van der Waals surface area contributed by atoms with Crippen LogP contribution in [-0.4, -0.2) is 69.8 Å². The molecule has 3 aliphatic carbocycles. The summed E-state index contributed by atoms with van der Waals surface area (Å²) in [6, 6.07) is 5.38. The molecular formula is C28H33ClN2O5. The monoisotopic (exact) mass is 512 g/mol. The van der Waals surface area contributed by atoms with Crippen LogP contribution in [-0.2, 0) is 16.6 Å². The molecular weight excluding hydrogens is 480 g/mol. The number of rotatable bonds is 5. The van der Waals surface area contributed by atoms with E-state index in [4.69, 9.17) is 9.15 Å². The Morgan fingerprint density at radius 2 is 2.11 bits per heavy atom. The van der Waals surface area contributed by atoms with Gasteiger partial charge in [0.15, 0.2) is 11.5 Å². The number of halogens is 1. The summed E-state index contributed by atoms with van der Waals surface area (Å²) in [7, 11) is 1.82. The number of hydrogen-bond donors (Lipinski definition) is 2. The van der Waals surface area contributed by atoms with Gasteiger partial charge >= 0.3 is 1.43 Å². The summed E-state index contributed by atoms with van der Waals surface area (Å²) in [5.74, 6) is 1.28. The van der Waals surface area contributed by atoms with Crippen molar-refractivity contribution in [3.63, 3.8) is 0 Å². The van der Waals surface area contributed by atoms with Crippen molar-refractivity contribution in [3.8, 4) is 11.5 Å². The summed E-state index contributed by atoms with van der Waals surface area (Å²) in [6.07, 6.45) is 11.5. The molecule has 2 N–H and O–H groups in total. The van der Waals surface area contributed by atoms with E-state index in [1.807, 2.05) is 19.2 Å². The van der Waals surface area contributed by atoms with E-state index in [0.29, 0.717) is 18.6 Å². The zero-order chi connectivity index (χ0) is 23.9. The van der Waals surface area contributed by atoms with Gasteiger partial charge in [0.05, 0.1) is 29.6 Å². The molecule has 7 rings (SSSR count). The van der Waals surface area contributed by atoms with Crippen LogP contribution in [0.4, 0.5) is 0 Å². The van der Waals surface area contributed by atoms with Crippen LogP contribution in [0.25, 0.3) is 6.08 Å². The fraction of sp³-hybridized carbons (Fsp3) is 0.536. The molecule has 1 amide bonds. The molecule has 1 aromatic heterocycles. The van der Waals surface area contributed by atoms with Crippen LogP contribution in [0.2, 0.25) is 0 Å². The molecule has 3 fully saturated rings. The molecule has 0 unspecified atom stereocenters. The number of likely N-dealkylation sites (tertiary alicyclic amines) is 1. The number of carbonyl (C=O) groups excluding carboxylic acids is 1. The number of phenols is 1. The predicted octanol–water partition coefficient (Wildman–Crippen LogP) is 0.206. The molecule has 192 valence electrons. The van der Waals surface area contributed by atoms with Crippen LogP contribution >= 0.6 is 0 Å². The van der Waals surface area contributed by atoms with Gasteiger partial charge in [0.2, 0.25) is 5.91 Å². The summed E-state index contributed by atoms with van der Waals surface area (Å²) in [4.78, 5) is 17.5. The SMILES string of the molecule is CN(C(=O)/C=C/c1ccoc1)[C@@H]1CC[C@@]2(O)[C@H]3Cc4ccc(O)c5c4[C@@]2(CCN3CC2CC2)[C@H]1O5.[Cl-].[H+]. The number of nitrogens with zero attached hydrogens (tertiary/aromatic N) is 2. The lowest BCUT2D eigenvalue weighted by Crippen LogP contribution is -3.00. The third-order valence-electron chi connectivity index (χ3n) is 9.54. The molecule has 2 saturated carbocycles. The van der Waals surface area contributed by atoms with E-state index in [2.05, 4.69) is 4.90 Å². The highest BCUT2D eigenvalue weighted by Crippen LogP contribution is 2.66. The van der Waals surface area contributed by atoms with Crippen LogP contribution in [0.5, 0.6) is 11.5 Å². The van der Waals surface area contributed by atoms with E-state index in [0.717, 1.165) is 43.0 Å². The first kappa shape index (κ1) is 23.9. The molecule has 1 aromatic carbocycles. The molecule has 5 atom stereocenters. The van der Waals surface area contributed by atoms with Gasteiger partial charge < -0.3 is 36.7 Å². The Kier molecular flexibility index (Phi) is 5.49. The Hall–Kier alpha value is -2.48. The number of amides is 1. The third-order valence-corrected chi connectivity index (χ3v) is 9.54. The van der Waals surface area contributed by atoms with Crippen molar-refractivity contribution >= 4 is 12.0 Å². The van der Waals surface area contributed by atoms with Crippen molar-refractivity contribution in [3.05, 3.63) is 53.5 Å². The molecule has 8 heteroatoms. The number of piperidine rings is 1. The topological polar surface area (TPSA) is 86.4 Å². The molecule has 7 nitrogen and oxygen atoms in total. The zero-order valence-corrected chi connectivity index (χ0v) is 21.2. The Labute approximate surface area is 218 Å². The molecule has 1 saturated heterocycles. The average molecular weight is 513 g/mol. The second-order valence-electron chi connectivity index (χ2n) is 11.2. The Bertz CT molecular complexity index is 1220. The third kappa shape index (κ3) is 3.15. The number of carbonyl (C=O) groups is 1. The first-order valence-corrected chi connectivity index (χ1v) is 12.9. The number of phenolic OH excluding ortho intramolecular Hbond substituents is 1. The lowest BCUT2D eigenvalue weighted by molar-refractivity contribution is -0.200. The zero-order valence-electron chi connectivity index (χ0n) is 21.4. The Morgan fingerprint density at radius 3 is 2.86 bits per heavy atom. The van der Waals surface area contributed by atoms with E-state index in [1.54, 1.807) is 35.6 Å². The molecule has 0 radical (unpaired) electrons. The summed E-state index contributed by atoms with van der Waals surface area (Å²) in [5, 5.41) is 23.3. The second kappa shape index (κ2) is 8.27. The van der Waals surface area contributed by atoms with E-state index >= 15 is 0 Å². The number of ether oxygens (including phenoxy) is 1. The van der Waals surface area contributed by atoms with Gasteiger partial charge in [-0.2, -0.15) is 0 Å². The maximum absolute atomic E-state index is 13.2. The van der Waals surface area contributed by atoms with Crippen LogP contribution in [0.3, 0.4) is 0 Å². The van der Waals surface area contributed by atoms with Crippen LogP contribution in [0.15, 0.2) is 41.2 Å². The van der Waals surface area contributed by atoms with Crippen molar-refractivity contribution in [2.75, 3.05) is 20.1 Å². The largest absolute Gasteiger partial charge is 1.00 e. The van der Waals surface area contributed by atoms with Gasteiger partial charge in [-0.05, 0) is 74.8 Å². The van der Waals surface area contributed by atoms with Gasteiger partial charge in [0.1, 0.15) is 6.10 Å². The smallest absolute Gasteiger partial charge is 1.00 e. The van der Waals surface area contributed by atoms with E-state index in [-0.39, 0.29) is 37.6 Å². The second-order valence-corrected chi connectivity index (χ2v) is 11.2. The predicted molar refractivity (Wildman–Crippen MR) is 130 cm³/mol. The summed E-state index contributed by atoms with van der Waals surface area (Å²) in [5.41, 5.74) is 1.44. The first-order valence-electron chi connectivity index (χ1n) is 12.9. The number of likely N-dealkylation sites (N-methyl/N-ethyl adjacent to an activating group) is 1. The quantitative estimate of drug-likeness (QED) is 0.557. The van der Waals surface area contributed by atoms with Gasteiger partial charge in [-0.15, -0.1) is 0 Å². The van der Waals surface area contributed by atoms with Crippen LogP contribution in [0.1, 0.15) is 50.2 Å². The van der Waals surface area contributed by atoms with Crippen LogP contribution < -0.4 is 17.1 Å². The Balaban J connectivity index is 0.00000140. The first-order chi connectivity index (χ1) is 16.9. The minimum Gasteiger partial charge on any atom is -1.00 e. The number of hydrogen-bond acceptors (Lipinski definition) is 6. The number of benzene rings is 1. The highest BCUT2D eigenvalue weighted by molar-refractivity contribution is 5.91. The molecule has 2 bridgehead atoms. The van der Waals surface area contributed by atoms with Crippen molar-refractivity contribution in [2.24, 2.45) is 5.92 Å². The number of furan rings is 1. The van der Waals surface area contributed by atoms with Crippen LogP contribution in [0, 0.1) is 5.92 Å². The molecule has 2 aromatic rings. The van der Waals surface area contributed by atoms with Gasteiger partial charge in [0.25, 0.3) is 0 Å². The lowest BCUT2D eigenvalue weighted by atomic mass is 9.48. The van der Waals surface area contributed by atoms with Crippen molar-refractivity contribution in [1.82, 2.24) is 9.80 Å². The fourth-order valence-electron chi connectivity index (χ4n) is 7.67. The summed E-state index contributed by atoms with van der Waals surface area (Å²) < 4.78 is 11.7. The van der Waals surface area contributed by atoms with Crippen molar-refractivity contribution in [1.29, 1.82) is 0 Å². The van der Waals surface area contributed by atoms with E-state index < -0.39 is 17.1 Å². The van der Waals surface area contributed by atoms with E-state index in [9.17, 15) is 15.0 Å². The minimum atomic E-state index is -0.941. The molecule has 2 aliphatic heterocycles. The highest BCUT2D eigenvalue weighted by atomic mass is 35.5. The molecule has 3 heterocycles. The van der Waals surface area contributed by atoms with Gasteiger partial charge in [-0.25, -0.2) is 0 Å². The number of aromatic hydroxyl groups is 1. The molecule has 1 spiro atoms. The lowest BCUT2D eigenvalue weighted by Gasteiger charge is -2.64. The molecule has 5 aliphatic rings. The fourth-order valence-corrected chi connectivity index (χ4v) is 7.67. The van der Waals surface area contributed by atoms with Crippen molar-refractivity contribution < 1.29 is 38.0 Å². The minimum absolute atomic E-state index is 0. The summed E-state index contributed by atoms with van der Waals surface area (Å²) in [6.45, 7) is 1.96. The number of aliphatic hydroxyl groups is 1. The summed E-state index contributed by atoms with van der Waals surface area (Å²) >= 11 is 0. The van der Waals surface area contributed by atoms with Crippen molar-refractivity contribution in [2.45, 2.75) is 67.7 Å². The maximum Gasteiger partial charge on any atom is 1.00 e. The highest BCUT2D eigenvalue weighted by Gasteiger charge is 2.73. The van der Waals surface area contributed by atoms with Gasteiger partial charge in [-0.3, -0.25) is 9.69 Å².